The molecule has 18 heavy (non-hydrogen) atoms. The molecule has 0 aliphatic carbocycles. The van der Waals surface area contributed by atoms with Crippen molar-refractivity contribution in [2.24, 2.45) is 0 Å². The van der Waals surface area contributed by atoms with Gasteiger partial charge in [-0.3, -0.25) is 9.78 Å². The summed E-state index contributed by atoms with van der Waals surface area (Å²) in [5, 5.41) is 3.32. The summed E-state index contributed by atoms with van der Waals surface area (Å²) >= 11 is 9.21. The minimum atomic E-state index is -0.222. The van der Waals surface area contributed by atoms with Gasteiger partial charge in [0.15, 0.2) is 0 Å². The van der Waals surface area contributed by atoms with Gasteiger partial charge in [-0.05, 0) is 52.7 Å². The Bertz CT molecular complexity index is 601. The normalized spacial score (nSPS) is 10.2. The third-order valence-electron chi connectivity index (χ3n) is 2.46. The first-order valence-electron chi connectivity index (χ1n) is 5.25. The predicted molar refractivity (Wildman–Crippen MR) is 76.1 cm³/mol. The second-order valence-corrected chi connectivity index (χ2v) is 5.06. The molecule has 1 N–H and O–H groups in total. The van der Waals surface area contributed by atoms with Crippen molar-refractivity contribution < 1.29 is 4.79 Å². The van der Waals surface area contributed by atoms with E-state index in [2.05, 4.69) is 26.2 Å². The van der Waals surface area contributed by atoms with Gasteiger partial charge in [-0.2, -0.15) is 0 Å². The molecule has 0 saturated heterocycles. The molecular formula is C13H10BrClN2O. The molecule has 92 valence electrons. The average molecular weight is 326 g/mol. The number of amides is 1. The Hall–Kier alpha value is -1.39. The number of aromatic nitrogens is 1. The number of carbonyl (C=O) groups excluding carboxylic acids is 1. The molecule has 5 heteroatoms. The summed E-state index contributed by atoms with van der Waals surface area (Å²) in [6, 6.07) is 6.92. The molecule has 0 saturated carbocycles. The fraction of sp³-hybridized carbons (Fsp3) is 0.0769. The average Bonchev–Trinajstić information content (AvgIpc) is 2.35. The van der Waals surface area contributed by atoms with Gasteiger partial charge in [0.05, 0.1) is 17.4 Å². The molecule has 0 spiro atoms. The second kappa shape index (κ2) is 5.50. The van der Waals surface area contributed by atoms with Crippen LogP contribution in [0.3, 0.4) is 0 Å². The summed E-state index contributed by atoms with van der Waals surface area (Å²) in [6.45, 7) is 1.91. The van der Waals surface area contributed by atoms with Crippen LogP contribution in [-0.4, -0.2) is 10.9 Å². The highest BCUT2D eigenvalue weighted by molar-refractivity contribution is 9.10. The van der Waals surface area contributed by atoms with Crippen LogP contribution in [0.15, 0.2) is 41.1 Å². The molecule has 0 radical (unpaired) electrons. The number of benzene rings is 1. The quantitative estimate of drug-likeness (QED) is 0.905. The molecule has 1 aromatic carbocycles. The van der Waals surface area contributed by atoms with Gasteiger partial charge in [0, 0.05) is 15.7 Å². The van der Waals surface area contributed by atoms with E-state index < -0.39 is 0 Å². The topological polar surface area (TPSA) is 42.0 Å². The van der Waals surface area contributed by atoms with Crippen molar-refractivity contribution in [1.29, 1.82) is 0 Å². The highest BCUT2D eigenvalue weighted by Crippen LogP contribution is 2.22. The maximum Gasteiger partial charge on any atom is 0.256 e. The van der Waals surface area contributed by atoms with Crippen molar-refractivity contribution in [3.8, 4) is 0 Å². The van der Waals surface area contributed by atoms with Gasteiger partial charge in [-0.25, -0.2) is 0 Å². The van der Waals surface area contributed by atoms with E-state index >= 15 is 0 Å². The maximum atomic E-state index is 12.1. The first-order chi connectivity index (χ1) is 8.58. The van der Waals surface area contributed by atoms with Crippen molar-refractivity contribution in [1.82, 2.24) is 4.98 Å². The van der Waals surface area contributed by atoms with E-state index in [1.165, 1.54) is 0 Å². The molecule has 0 atom stereocenters. The zero-order valence-corrected chi connectivity index (χ0v) is 11.9. The van der Waals surface area contributed by atoms with Crippen LogP contribution in [0.25, 0.3) is 0 Å². The number of carbonyl (C=O) groups is 1. The third-order valence-corrected chi connectivity index (χ3v) is 3.39. The van der Waals surface area contributed by atoms with Gasteiger partial charge in [-0.1, -0.05) is 11.6 Å². The van der Waals surface area contributed by atoms with Gasteiger partial charge in [0.1, 0.15) is 0 Å². The smallest absolute Gasteiger partial charge is 0.256 e. The van der Waals surface area contributed by atoms with Gasteiger partial charge < -0.3 is 5.32 Å². The van der Waals surface area contributed by atoms with Crippen LogP contribution >= 0.6 is 27.5 Å². The van der Waals surface area contributed by atoms with E-state index in [0.29, 0.717) is 20.7 Å². The van der Waals surface area contributed by atoms with E-state index in [-0.39, 0.29) is 5.91 Å². The minimum Gasteiger partial charge on any atom is -0.320 e. The number of aryl methyl sites for hydroxylation is 1. The maximum absolute atomic E-state index is 12.1. The Morgan fingerprint density at radius 3 is 2.89 bits per heavy atom. The Morgan fingerprint density at radius 1 is 1.39 bits per heavy atom. The van der Waals surface area contributed by atoms with Crippen molar-refractivity contribution in [2.45, 2.75) is 6.92 Å². The second-order valence-electron chi connectivity index (χ2n) is 3.77. The first-order valence-corrected chi connectivity index (χ1v) is 6.42. The Morgan fingerprint density at radius 2 is 2.17 bits per heavy atom. The van der Waals surface area contributed by atoms with Gasteiger partial charge in [0.25, 0.3) is 5.91 Å². The number of pyridine rings is 1. The first kappa shape index (κ1) is 13.1. The van der Waals surface area contributed by atoms with Crippen molar-refractivity contribution in [2.75, 3.05) is 5.32 Å². The van der Waals surface area contributed by atoms with Crippen LogP contribution < -0.4 is 5.32 Å². The highest BCUT2D eigenvalue weighted by atomic mass is 79.9. The van der Waals surface area contributed by atoms with Crippen molar-refractivity contribution in [3.63, 3.8) is 0 Å². The van der Waals surface area contributed by atoms with Gasteiger partial charge in [-0.15, -0.1) is 0 Å². The number of nitrogens with one attached hydrogen (secondary N) is 1. The molecule has 3 nitrogen and oxygen atoms in total. The van der Waals surface area contributed by atoms with Crippen LogP contribution in [-0.2, 0) is 0 Å². The SMILES string of the molecule is Cc1ccncc1NC(=O)c1cc(Cl)ccc1Br. The Kier molecular flexibility index (Phi) is 3.99. The fourth-order valence-corrected chi connectivity index (χ4v) is 2.05. The Balaban J connectivity index is 2.28. The molecule has 0 aliphatic heterocycles. The fourth-order valence-electron chi connectivity index (χ4n) is 1.46. The molecule has 2 rings (SSSR count). The molecule has 2 aromatic rings. The van der Waals surface area contributed by atoms with E-state index in [4.69, 9.17) is 11.6 Å². The van der Waals surface area contributed by atoms with Crippen LogP contribution in [0.4, 0.5) is 5.69 Å². The van der Waals surface area contributed by atoms with E-state index in [9.17, 15) is 4.79 Å². The molecule has 1 amide bonds. The van der Waals surface area contributed by atoms with Crippen LogP contribution in [0.5, 0.6) is 0 Å². The Labute approximate surface area is 118 Å². The molecule has 0 unspecified atom stereocenters. The lowest BCUT2D eigenvalue weighted by molar-refractivity contribution is 0.102. The minimum absolute atomic E-state index is 0.222. The van der Waals surface area contributed by atoms with Crippen molar-refractivity contribution in [3.05, 3.63) is 57.3 Å². The number of rotatable bonds is 2. The van der Waals surface area contributed by atoms with Crippen molar-refractivity contribution >= 4 is 39.1 Å². The summed E-state index contributed by atoms with van der Waals surface area (Å²) in [4.78, 5) is 16.1. The number of nitrogens with zero attached hydrogens (tertiary/aromatic N) is 1. The number of anilines is 1. The zero-order valence-electron chi connectivity index (χ0n) is 9.58. The number of hydrogen-bond acceptors (Lipinski definition) is 2. The highest BCUT2D eigenvalue weighted by Gasteiger charge is 2.11. The molecule has 0 bridgehead atoms. The van der Waals surface area contributed by atoms with E-state index in [1.54, 1.807) is 30.6 Å². The molecular weight excluding hydrogens is 316 g/mol. The summed E-state index contributed by atoms with van der Waals surface area (Å²) in [5.74, 6) is -0.222. The molecule has 0 aliphatic rings. The number of hydrogen-bond donors (Lipinski definition) is 1. The lowest BCUT2D eigenvalue weighted by atomic mass is 10.2. The van der Waals surface area contributed by atoms with Crippen LogP contribution in [0.2, 0.25) is 5.02 Å². The standard InChI is InChI=1S/C13H10BrClN2O/c1-8-4-5-16-7-12(8)17-13(18)10-6-9(15)2-3-11(10)14/h2-7H,1H3,(H,17,18). The lowest BCUT2D eigenvalue weighted by Gasteiger charge is -2.09. The van der Waals surface area contributed by atoms with Crippen LogP contribution in [0, 0.1) is 6.92 Å². The monoisotopic (exact) mass is 324 g/mol. The van der Waals surface area contributed by atoms with Crippen LogP contribution in [0.1, 0.15) is 15.9 Å². The van der Waals surface area contributed by atoms with E-state index in [0.717, 1.165) is 5.56 Å². The molecule has 1 aromatic heterocycles. The summed E-state index contributed by atoms with van der Waals surface area (Å²) in [5.41, 5.74) is 2.14. The summed E-state index contributed by atoms with van der Waals surface area (Å²) in [6.07, 6.45) is 3.30. The third kappa shape index (κ3) is 2.89. The number of halogens is 2. The summed E-state index contributed by atoms with van der Waals surface area (Å²) < 4.78 is 0.700. The largest absolute Gasteiger partial charge is 0.320 e. The lowest BCUT2D eigenvalue weighted by Crippen LogP contribution is -2.13. The van der Waals surface area contributed by atoms with Gasteiger partial charge >= 0.3 is 0 Å². The van der Waals surface area contributed by atoms with Gasteiger partial charge in [0.2, 0.25) is 0 Å². The molecule has 1 heterocycles. The molecule has 0 fully saturated rings. The zero-order chi connectivity index (χ0) is 13.1. The summed E-state index contributed by atoms with van der Waals surface area (Å²) in [7, 11) is 0. The predicted octanol–water partition coefficient (Wildman–Crippen LogP) is 4.06. The van der Waals surface area contributed by atoms with E-state index in [1.807, 2.05) is 13.0 Å².